The second kappa shape index (κ2) is 10.3. The van der Waals surface area contributed by atoms with Crippen molar-refractivity contribution in [3.8, 4) is 0 Å². The van der Waals surface area contributed by atoms with E-state index in [1.807, 2.05) is 36.4 Å². The number of nitrogens with one attached hydrogen (secondary N) is 2. The number of hydrogen-bond acceptors (Lipinski definition) is 4. The topological polar surface area (TPSA) is 102 Å². The van der Waals surface area contributed by atoms with Crippen LogP contribution in [0.25, 0.3) is 0 Å². The Morgan fingerprint density at radius 1 is 0.735 bits per heavy atom. The molecule has 0 atom stereocenters. The van der Waals surface area contributed by atoms with Crippen molar-refractivity contribution in [2.24, 2.45) is 0 Å². The molecule has 0 fully saturated rings. The molecule has 0 saturated heterocycles. The van der Waals surface area contributed by atoms with Crippen LogP contribution in [0.4, 0.5) is 11.4 Å². The van der Waals surface area contributed by atoms with Gasteiger partial charge in [0.2, 0.25) is 5.91 Å². The number of anilines is 2. The quantitative estimate of drug-likeness (QED) is 0.448. The third-order valence-corrected chi connectivity index (χ3v) is 5.08. The molecule has 0 unspecified atom stereocenters. The van der Waals surface area contributed by atoms with Crippen molar-refractivity contribution in [3.05, 3.63) is 129 Å². The Bertz CT molecular complexity index is 1430. The first-order valence-electron chi connectivity index (χ1n) is 10.6. The lowest BCUT2D eigenvalue weighted by Gasteiger charge is -2.11. The number of nitrogens with zero attached hydrogens (tertiary/aromatic N) is 2. The molecule has 170 valence electrons. The monoisotopic (exact) mass is 454 g/mol. The molecule has 8 nitrogen and oxygen atoms in total. The van der Waals surface area contributed by atoms with Gasteiger partial charge in [-0.2, -0.15) is 0 Å². The minimum Gasteiger partial charge on any atom is -0.324 e. The molecule has 0 bridgehead atoms. The number of rotatable bonds is 7. The van der Waals surface area contributed by atoms with Gasteiger partial charge in [0.05, 0.1) is 6.54 Å². The van der Waals surface area contributed by atoms with E-state index in [1.165, 1.54) is 16.8 Å². The van der Waals surface area contributed by atoms with Crippen LogP contribution in [0.5, 0.6) is 0 Å². The first-order chi connectivity index (χ1) is 16.5. The molecule has 0 saturated carbocycles. The van der Waals surface area contributed by atoms with E-state index in [-0.39, 0.29) is 12.5 Å². The number of benzene rings is 3. The fourth-order valence-electron chi connectivity index (χ4n) is 3.41. The largest absolute Gasteiger partial charge is 0.331 e. The lowest BCUT2D eigenvalue weighted by Crippen LogP contribution is -2.41. The summed E-state index contributed by atoms with van der Waals surface area (Å²) in [4.78, 5) is 50.0. The molecule has 0 radical (unpaired) electrons. The zero-order valence-electron chi connectivity index (χ0n) is 18.2. The van der Waals surface area contributed by atoms with Gasteiger partial charge in [0.1, 0.15) is 6.54 Å². The van der Waals surface area contributed by atoms with Crippen molar-refractivity contribution in [3.63, 3.8) is 0 Å². The number of hydrogen-bond donors (Lipinski definition) is 2. The lowest BCUT2D eigenvalue weighted by atomic mass is 10.2. The number of carbonyl (C=O) groups excluding carboxylic acids is 2. The lowest BCUT2D eigenvalue weighted by molar-refractivity contribution is -0.116. The summed E-state index contributed by atoms with van der Waals surface area (Å²) in [6.45, 7) is -0.154. The zero-order chi connectivity index (χ0) is 23.9. The summed E-state index contributed by atoms with van der Waals surface area (Å²) in [7, 11) is 0. The second-order valence-corrected chi connectivity index (χ2v) is 7.59. The van der Waals surface area contributed by atoms with E-state index < -0.39 is 23.7 Å². The molecule has 34 heavy (non-hydrogen) atoms. The van der Waals surface area contributed by atoms with Crippen LogP contribution in [0.3, 0.4) is 0 Å². The molecular weight excluding hydrogens is 432 g/mol. The first kappa shape index (κ1) is 22.5. The zero-order valence-corrected chi connectivity index (χ0v) is 18.2. The predicted octanol–water partition coefficient (Wildman–Crippen LogP) is 2.95. The third kappa shape index (κ3) is 5.55. The number of aromatic nitrogens is 2. The van der Waals surface area contributed by atoms with Crippen LogP contribution < -0.4 is 21.9 Å². The standard InChI is InChI=1S/C26H22N4O4/c31-23(18-30-24(32)14-15-29(26(30)34)17-19-8-3-1-4-9-19)27-21-12-7-13-22(16-21)28-25(33)20-10-5-2-6-11-20/h1-16H,17-18H2,(H,27,31)(H,28,33). The minimum atomic E-state index is -0.574. The maximum Gasteiger partial charge on any atom is 0.331 e. The van der Waals surface area contributed by atoms with Crippen molar-refractivity contribution in [2.45, 2.75) is 13.1 Å². The normalized spacial score (nSPS) is 10.5. The van der Waals surface area contributed by atoms with Gasteiger partial charge in [0.15, 0.2) is 0 Å². The van der Waals surface area contributed by atoms with Gasteiger partial charge in [-0.05, 0) is 35.9 Å². The molecule has 1 aromatic heterocycles. The molecule has 8 heteroatoms. The van der Waals surface area contributed by atoms with E-state index in [2.05, 4.69) is 10.6 Å². The Morgan fingerprint density at radius 2 is 1.38 bits per heavy atom. The SMILES string of the molecule is O=C(Cn1c(=O)ccn(Cc2ccccc2)c1=O)Nc1cccc(NC(=O)c2ccccc2)c1. The molecular formula is C26H22N4O4. The van der Waals surface area contributed by atoms with Crippen molar-refractivity contribution >= 4 is 23.2 Å². The fraction of sp³-hybridized carbons (Fsp3) is 0.0769. The number of carbonyl (C=O) groups is 2. The summed E-state index contributed by atoms with van der Waals surface area (Å²) in [6.07, 6.45) is 1.42. The van der Waals surface area contributed by atoms with Crippen molar-refractivity contribution in [1.82, 2.24) is 9.13 Å². The van der Waals surface area contributed by atoms with Crippen LogP contribution in [0, 0.1) is 0 Å². The van der Waals surface area contributed by atoms with E-state index in [1.54, 1.807) is 48.5 Å². The minimum absolute atomic E-state index is 0.279. The molecule has 0 aliphatic rings. The van der Waals surface area contributed by atoms with Gasteiger partial charge in [-0.25, -0.2) is 4.79 Å². The Kier molecular flexibility index (Phi) is 6.78. The summed E-state index contributed by atoms with van der Waals surface area (Å²) in [5, 5.41) is 5.44. The highest BCUT2D eigenvalue weighted by molar-refractivity contribution is 6.04. The summed E-state index contributed by atoms with van der Waals surface area (Å²) in [6, 6.07) is 26.0. The smallest absolute Gasteiger partial charge is 0.324 e. The summed E-state index contributed by atoms with van der Waals surface area (Å²) in [5.74, 6) is -0.818. The molecule has 0 aliphatic carbocycles. The van der Waals surface area contributed by atoms with E-state index in [0.29, 0.717) is 16.9 Å². The maximum absolute atomic E-state index is 12.8. The van der Waals surface area contributed by atoms with Gasteiger partial charge in [-0.1, -0.05) is 54.6 Å². The van der Waals surface area contributed by atoms with Crippen molar-refractivity contribution < 1.29 is 9.59 Å². The molecule has 0 spiro atoms. The molecule has 1 heterocycles. The van der Waals surface area contributed by atoms with Gasteiger partial charge in [0.25, 0.3) is 11.5 Å². The van der Waals surface area contributed by atoms with E-state index in [4.69, 9.17) is 0 Å². The molecule has 4 rings (SSSR count). The van der Waals surface area contributed by atoms with Gasteiger partial charge in [-0.15, -0.1) is 0 Å². The van der Waals surface area contributed by atoms with Crippen LogP contribution in [-0.2, 0) is 17.9 Å². The van der Waals surface area contributed by atoms with Crippen LogP contribution in [0.15, 0.2) is 107 Å². The Morgan fingerprint density at radius 3 is 2.09 bits per heavy atom. The number of amides is 2. The van der Waals surface area contributed by atoms with Crippen molar-refractivity contribution in [2.75, 3.05) is 10.6 Å². The summed E-state index contributed by atoms with van der Waals surface area (Å²) < 4.78 is 2.27. The van der Waals surface area contributed by atoms with Crippen LogP contribution in [-0.4, -0.2) is 20.9 Å². The van der Waals surface area contributed by atoms with Gasteiger partial charge in [-0.3, -0.25) is 23.5 Å². The fourth-order valence-corrected chi connectivity index (χ4v) is 3.41. The van der Waals surface area contributed by atoms with Gasteiger partial charge < -0.3 is 10.6 Å². The highest BCUT2D eigenvalue weighted by Crippen LogP contribution is 2.16. The maximum atomic E-state index is 12.8. The molecule has 3 aromatic carbocycles. The van der Waals surface area contributed by atoms with Gasteiger partial charge >= 0.3 is 5.69 Å². The first-order valence-corrected chi connectivity index (χ1v) is 10.6. The van der Waals surface area contributed by atoms with E-state index >= 15 is 0 Å². The Hall–Kier alpha value is -4.72. The summed E-state index contributed by atoms with van der Waals surface area (Å²) in [5.41, 5.74) is 1.18. The average molecular weight is 454 g/mol. The highest BCUT2D eigenvalue weighted by atomic mass is 16.2. The van der Waals surface area contributed by atoms with Crippen LogP contribution in [0.1, 0.15) is 15.9 Å². The molecule has 0 aliphatic heterocycles. The predicted molar refractivity (Wildman–Crippen MR) is 130 cm³/mol. The Balaban J connectivity index is 1.45. The second-order valence-electron chi connectivity index (χ2n) is 7.59. The van der Waals surface area contributed by atoms with Crippen LogP contribution in [0.2, 0.25) is 0 Å². The van der Waals surface area contributed by atoms with E-state index in [0.717, 1.165) is 10.1 Å². The van der Waals surface area contributed by atoms with Crippen molar-refractivity contribution in [1.29, 1.82) is 0 Å². The average Bonchev–Trinajstić information content (AvgIpc) is 2.85. The van der Waals surface area contributed by atoms with Crippen LogP contribution >= 0.6 is 0 Å². The Labute approximate surface area is 195 Å². The molecule has 2 N–H and O–H groups in total. The highest BCUT2D eigenvalue weighted by Gasteiger charge is 2.12. The molecule has 4 aromatic rings. The van der Waals surface area contributed by atoms with Gasteiger partial charge in [0, 0.05) is 29.2 Å². The van der Waals surface area contributed by atoms with E-state index in [9.17, 15) is 19.2 Å². The third-order valence-electron chi connectivity index (χ3n) is 5.08. The molecule has 2 amide bonds. The summed E-state index contributed by atoms with van der Waals surface area (Å²) >= 11 is 0.